The van der Waals surface area contributed by atoms with Crippen LogP contribution in [-0.2, 0) is 11.3 Å². The average molecular weight is 369 g/mol. The Hall–Kier alpha value is -2.36. The van der Waals surface area contributed by atoms with Gasteiger partial charge in [-0.15, -0.1) is 0 Å². The van der Waals surface area contributed by atoms with Crippen LogP contribution in [0.2, 0.25) is 0 Å². The minimum Gasteiger partial charge on any atom is -0.481 e. The number of nitrogens with zero attached hydrogens (tertiary/aromatic N) is 1. The van der Waals surface area contributed by atoms with Crippen LogP contribution in [0.4, 0.5) is 0 Å². The topological polar surface area (TPSA) is 51.2 Å². The van der Waals surface area contributed by atoms with Crippen LogP contribution in [0.1, 0.15) is 74.1 Å². The smallest absolute Gasteiger partial charge is 0.227 e. The van der Waals surface area contributed by atoms with Crippen LogP contribution in [0.3, 0.4) is 0 Å². The summed E-state index contributed by atoms with van der Waals surface area (Å²) in [5.74, 6) is 1.13. The minimum absolute atomic E-state index is 0.0465. The predicted molar refractivity (Wildman–Crippen MR) is 110 cm³/mol. The quantitative estimate of drug-likeness (QED) is 0.738. The third-order valence-electron chi connectivity index (χ3n) is 4.85. The van der Waals surface area contributed by atoms with E-state index in [2.05, 4.69) is 35.4 Å². The second-order valence-electron chi connectivity index (χ2n) is 6.80. The van der Waals surface area contributed by atoms with E-state index in [9.17, 15) is 4.79 Å². The fourth-order valence-corrected chi connectivity index (χ4v) is 3.14. The van der Waals surface area contributed by atoms with E-state index in [-0.39, 0.29) is 11.8 Å². The number of ether oxygens (including phenoxy) is 1. The summed E-state index contributed by atoms with van der Waals surface area (Å²) in [7, 11) is 1.62. The highest BCUT2D eigenvalue weighted by molar-refractivity contribution is 5.83. The fraction of sp³-hybridized carbons (Fsp3) is 0.478. The van der Waals surface area contributed by atoms with E-state index < -0.39 is 0 Å². The summed E-state index contributed by atoms with van der Waals surface area (Å²) in [4.78, 5) is 17.1. The molecule has 1 atom stereocenters. The van der Waals surface area contributed by atoms with E-state index in [1.54, 1.807) is 7.11 Å². The summed E-state index contributed by atoms with van der Waals surface area (Å²) in [6, 6.07) is 10.3. The van der Waals surface area contributed by atoms with Gasteiger partial charge in [0.05, 0.1) is 13.0 Å². The van der Waals surface area contributed by atoms with Gasteiger partial charge in [0.2, 0.25) is 11.8 Å². The molecule has 3 rings (SSSR count). The van der Waals surface area contributed by atoms with Crippen LogP contribution in [0.25, 0.3) is 0 Å². The van der Waals surface area contributed by atoms with E-state index in [1.807, 2.05) is 39.1 Å². The predicted octanol–water partition coefficient (Wildman–Crippen LogP) is 5.11. The summed E-state index contributed by atoms with van der Waals surface area (Å²) in [5, 5.41) is 3.07. The molecule has 1 aromatic carbocycles. The number of benzene rings is 1. The molecule has 4 nitrogen and oxygen atoms in total. The average Bonchev–Trinajstić information content (AvgIpc) is 3.55. The number of pyridine rings is 1. The van der Waals surface area contributed by atoms with Gasteiger partial charge in [-0.05, 0) is 49.3 Å². The number of nitrogens with one attached hydrogen (secondary N) is 1. The molecular formula is C23H32N2O2. The fourth-order valence-electron chi connectivity index (χ4n) is 3.14. The Morgan fingerprint density at radius 3 is 2.48 bits per heavy atom. The number of carbonyl (C=O) groups excluding carboxylic acids is 1. The molecule has 1 aromatic heterocycles. The lowest BCUT2D eigenvalue weighted by Crippen LogP contribution is -2.29. The lowest BCUT2D eigenvalue weighted by Gasteiger charge is -2.17. The number of hydrogen-bond donors (Lipinski definition) is 1. The number of amides is 1. The lowest BCUT2D eigenvalue weighted by molar-refractivity contribution is -0.122. The van der Waals surface area contributed by atoms with Gasteiger partial charge in [-0.25, -0.2) is 4.98 Å². The first-order chi connectivity index (χ1) is 13.1. The lowest BCUT2D eigenvalue weighted by atomic mass is 9.95. The van der Waals surface area contributed by atoms with Crippen molar-refractivity contribution in [3.8, 4) is 5.88 Å². The van der Waals surface area contributed by atoms with Crippen molar-refractivity contribution in [2.45, 2.75) is 65.3 Å². The minimum atomic E-state index is -0.133. The highest BCUT2D eigenvalue weighted by atomic mass is 16.5. The Morgan fingerprint density at radius 1 is 1.26 bits per heavy atom. The molecule has 27 heavy (non-hydrogen) atoms. The summed E-state index contributed by atoms with van der Waals surface area (Å²) >= 11 is 0. The maximum atomic E-state index is 12.7. The zero-order chi connectivity index (χ0) is 19.8. The highest BCUT2D eigenvalue weighted by Gasteiger charge is 2.25. The van der Waals surface area contributed by atoms with Gasteiger partial charge in [0.25, 0.3) is 0 Å². The van der Waals surface area contributed by atoms with Crippen LogP contribution in [0.15, 0.2) is 36.5 Å². The molecule has 0 spiro atoms. The van der Waals surface area contributed by atoms with Crippen molar-refractivity contribution in [1.82, 2.24) is 10.3 Å². The van der Waals surface area contributed by atoms with Crippen molar-refractivity contribution < 1.29 is 9.53 Å². The number of rotatable bonds is 7. The Kier molecular flexibility index (Phi) is 7.83. The number of methoxy groups -OCH3 is 1. The molecule has 0 radical (unpaired) electrons. The van der Waals surface area contributed by atoms with Crippen LogP contribution in [0.5, 0.6) is 5.88 Å². The monoisotopic (exact) mass is 368 g/mol. The van der Waals surface area contributed by atoms with E-state index >= 15 is 0 Å². The van der Waals surface area contributed by atoms with E-state index in [0.29, 0.717) is 18.3 Å². The van der Waals surface area contributed by atoms with Gasteiger partial charge < -0.3 is 10.1 Å². The van der Waals surface area contributed by atoms with Gasteiger partial charge in [-0.1, -0.05) is 50.6 Å². The zero-order valence-electron chi connectivity index (χ0n) is 17.2. The second kappa shape index (κ2) is 10.1. The van der Waals surface area contributed by atoms with Crippen molar-refractivity contribution in [2.75, 3.05) is 7.11 Å². The standard InChI is InChI=1S/C21H26N2O2.C2H6/c1-4-19(16-7-5-14(2)6-8-16)20(24)22-13-18-11-17(15-9-10-15)12-23-21(18)25-3;1-2/h5-8,11-12,15,19H,4,9-10,13H2,1-3H3,(H,22,24);1-2H3/t19-;/m0./s1. The second-order valence-corrected chi connectivity index (χ2v) is 6.80. The van der Waals surface area contributed by atoms with Crippen molar-refractivity contribution in [3.63, 3.8) is 0 Å². The molecule has 1 saturated carbocycles. The molecule has 146 valence electrons. The Morgan fingerprint density at radius 2 is 1.93 bits per heavy atom. The number of aromatic nitrogens is 1. The molecular weight excluding hydrogens is 336 g/mol. The molecule has 1 heterocycles. The largest absolute Gasteiger partial charge is 0.481 e. The number of carbonyl (C=O) groups is 1. The van der Waals surface area contributed by atoms with Crippen molar-refractivity contribution in [2.24, 2.45) is 0 Å². The van der Waals surface area contributed by atoms with E-state index in [4.69, 9.17) is 4.74 Å². The third-order valence-corrected chi connectivity index (χ3v) is 4.85. The molecule has 1 aliphatic carbocycles. The van der Waals surface area contributed by atoms with Gasteiger partial charge in [0, 0.05) is 18.3 Å². The summed E-state index contributed by atoms with van der Waals surface area (Å²) in [6.45, 7) is 8.54. The van der Waals surface area contributed by atoms with Crippen molar-refractivity contribution in [1.29, 1.82) is 0 Å². The Balaban J connectivity index is 0.00000126. The molecule has 0 unspecified atom stereocenters. The van der Waals surface area contributed by atoms with Crippen LogP contribution in [0, 0.1) is 6.92 Å². The van der Waals surface area contributed by atoms with Crippen LogP contribution < -0.4 is 10.1 Å². The van der Waals surface area contributed by atoms with E-state index in [0.717, 1.165) is 17.5 Å². The highest BCUT2D eigenvalue weighted by Crippen LogP contribution is 2.40. The van der Waals surface area contributed by atoms with Crippen LogP contribution >= 0.6 is 0 Å². The number of hydrogen-bond acceptors (Lipinski definition) is 3. The molecule has 1 N–H and O–H groups in total. The van der Waals surface area contributed by atoms with Crippen molar-refractivity contribution in [3.05, 3.63) is 58.8 Å². The van der Waals surface area contributed by atoms with E-state index in [1.165, 1.54) is 24.0 Å². The molecule has 2 aromatic rings. The Labute approximate surface area is 163 Å². The molecule has 1 amide bonds. The zero-order valence-corrected chi connectivity index (χ0v) is 17.2. The summed E-state index contributed by atoms with van der Waals surface area (Å²) < 4.78 is 5.35. The molecule has 1 fully saturated rings. The Bertz CT molecular complexity index is 737. The van der Waals surface area contributed by atoms with Gasteiger partial charge in [0.1, 0.15) is 0 Å². The SMILES string of the molecule is CC.CC[C@H](C(=O)NCc1cc(C2CC2)cnc1OC)c1ccc(C)cc1. The van der Waals surface area contributed by atoms with Crippen molar-refractivity contribution >= 4 is 5.91 Å². The maximum absolute atomic E-state index is 12.7. The van der Waals surface area contributed by atoms with Crippen LogP contribution in [-0.4, -0.2) is 18.0 Å². The van der Waals surface area contributed by atoms with Gasteiger partial charge >= 0.3 is 0 Å². The molecule has 0 bridgehead atoms. The van der Waals surface area contributed by atoms with Gasteiger partial charge in [-0.3, -0.25) is 4.79 Å². The maximum Gasteiger partial charge on any atom is 0.227 e. The first kappa shape index (κ1) is 20.9. The number of aryl methyl sites for hydroxylation is 1. The summed E-state index contributed by atoms with van der Waals surface area (Å²) in [6.07, 6.45) is 5.12. The third kappa shape index (κ3) is 5.56. The first-order valence-corrected chi connectivity index (χ1v) is 9.99. The first-order valence-electron chi connectivity index (χ1n) is 9.99. The molecule has 4 heteroatoms. The molecule has 1 aliphatic rings. The summed E-state index contributed by atoms with van der Waals surface area (Å²) in [5.41, 5.74) is 4.45. The normalized spacial score (nSPS) is 14.0. The van der Waals surface area contributed by atoms with Gasteiger partial charge in [-0.2, -0.15) is 0 Å². The molecule has 0 saturated heterocycles. The molecule has 0 aliphatic heterocycles. The van der Waals surface area contributed by atoms with Gasteiger partial charge in [0.15, 0.2) is 0 Å².